The highest BCUT2D eigenvalue weighted by Crippen LogP contribution is 2.32. The first kappa shape index (κ1) is 19.4. The first-order chi connectivity index (χ1) is 12.9. The quantitative estimate of drug-likeness (QED) is 0.611. The minimum atomic E-state index is -3.82. The molecule has 1 N–H and O–H groups in total. The molecule has 3 aromatic rings. The Morgan fingerprint density at radius 3 is 2.59 bits per heavy atom. The molecule has 27 heavy (non-hydrogen) atoms. The fourth-order valence-electron chi connectivity index (χ4n) is 2.78. The van der Waals surface area contributed by atoms with Crippen LogP contribution in [0.5, 0.6) is 5.75 Å². The van der Waals surface area contributed by atoms with Gasteiger partial charge in [-0.05, 0) is 50.1 Å². The van der Waals surface area contributed by atoms with Crippen LogP contribution >= 0.6 is 11.3 Å². The minimum absolute atomic E-state index is 0.110. The number of hydrogen-bond donors (Lipinski definition) is 1. The van der Waals surface area contributed by atoms with Crippen molar-refractivity contribution in [2.75, 3.05) is 11.3 Å². The normalized spacial score (nSPS) is 11.4. The molecule has 0 amide bonds. The molecule has 0 atom stereocenters. The fraction of sp³-hybridized carbons (Fsp3) is 0.250. The largest absolute Gasteiger partial charge is 0.492 e. The van der Waals surface area contributed by atoms with Gasteiger partial charge in [0.1, 0.15) is 10.6 Å². The van der Waals surface area contributed by atoms with E-state index in [-0.39, 0.29) is 4.90 Å². The molecule has 3 rings (SSSR count). The number of para-hydroxylation sites is 1. The second kappa shape index (κ2) is 8.10. The lowest BCUT2D eigenvalue weighted by Crippen LogP contribution is -2.15. The van der Waals surface area contributed by atoms with Crippen LogP contribution in [-0.4, -0.2) is 20.0 Å². The number of ether oxygens (including phenoxy) is 1. The van der Waals surface area contributed by atoms with Crippen LogP contribution in [0, 0.1) is 6.92 Å². The third-order valence-corrected chi connectivity index (χ3v) is 6.25. The van der Waals surface area contributed by atoms with Crippen LogP contribution in [0.1, 0.15) is 24.4 Å². The third kappa shape index (κ3) is 4.31. The molecule has 0 saturated heterocycles. The van der Waals surface area contributed by atoms with E-state index < -0.39 is 10.0 Å². The molecule has 142 valence electrons. The first-order valence-corrected chi connectivity index (χ1v) is 11.1. The molecule has 0 radical (unpaired) electrons. The highest BCUT2D eigenvalue weighted by molar-refractivity contribution is 7.92. The molecule has 0 bridgehead atoms. The molecule has 1 aromatic heterocycles. The average molecular weight is 403 g/mol. The monoisotopic (exact) mass is 402 g/mol. The predicted molar refractivity (Wildman–Crippen MR) is 110 cm³/mol. The zero-order valence-electron chi connectivity index (χ0n) is 15.5. The maximum Gasteiger partial charge on any atom is 0.265 e. The van der Waals surface area contributed by atoms with Crippen molar-refractivity contribution in [2.45, 2.75) is 32.1 Å². The topological polar surface area (TPSA) is 68.3 Å². The van der Waals surface area contributed by atoms with Crippen molar-refractivity contribution in [3.63, 3.8) is 0 Å². The van der Waals surface area contributed by atoms with Crippen molar-refractivity contribution < 1.29 is 13.2 Å². The number of aromatic nitrogens is 1. The SMILES string of the molecule is CCOc1ccc(-c2csc(C)n2)cc1S(=O)(=O)Nc1ccccc1CC. The molecule has 0 saturated carbocycles. The summed E-state index contributed by atoms with van der Waals surface area (Å²) < 4.78 is 34.6. The van der Waals surface area contributed by atoms with Crippen molar-refractivity contribution in [3.05, 3.63) is 58.4 Å². The lowest BCUT2D eigenvalue weighted by Gasteiger charge is -2.15. The predicted octanol–water partition coefficient (Wildman–Crippen LogP) is 4.88. The first-order valence-electron chi connectivity index (χ1n) is 8.74. The number of sulfonamides is 1. The second-order valence-corrected chi connectivity index (χ2v) is 8.68. The molecule has 7 heteroatoms. The Hall–Kier alpha value is -2.38. The Kier molecular flexibility index (Phi) is 5.82. The number of nitrogens with zero attached hydrogens (tertiary/aromatic N) is 1. The van der Waals surface area contributed by atoms with Crippen molar-refractivity contribution in [2.24, 2.45) is 0 Å². The van der Waals surface area contributed by atoms with Gasteiger partial charge in [-0.15, -0.1) is 11.3 Å². The van der Waals surface area contributed by atoms with Gasteiger partial charge in [-0.1, -0.05) is 25.1 Å². The summed E-state index contributed by atoms with van der Waals surface area (Å²) in [6.45, 7) is 6.12. The molecule has 0 aliphatic rings. The van der Waals surface area contributed by atoms with Crippen LogP contribution in [0.2, 0.25) is 0 Å². The van der Waals surface area contributed by atoms with E-state index in [1.54, 1.807) is 18.2 Å². The molecule has 0 unspecified atom stereocenters. The van der Waals surface area contributed by atoms with Crippen molar-refractivity contribution in [3.8, 4) is 17.0 Å². The third-order valence-electron chi connectivity index (χ3n) is 4.09. The Morgan fingerprint density at radius 2 is 1.93 bits per heavy atom. The molecule has 1 heterocycles. The van der Waals surface area contributed by atoms with Gasteiger partial charge >= 0.3 is 0 Å². The van der Waals surface area contributed by atoms with Gasteiger partial charge in [0.25, 0.3) is 10.0 Å². The number of benzene rings is 2. The van der Waals surface area contributed by atoms with Crippen LogP contribution in [0.25, 0.3) is 11.3 Å². The molecular formula is C20H22N2O3S2. The Bertz CT molecular complexity index is 1040. The maximum absolute atomic E-state index is 13.1. The summed E-state index contributed by atoms with van der Waals surface area (Å²) in [6, 6.07) is 12.5. The van der Waals surface area contributed by atoms with E-state index in [9.17, 15) is 8.42 Å². The second-order valence-electron chi connectivity index (χ2n) is 5.96. The Labute approximate surface area is 164 Å². The zero-order chi connectivity index (χ0) is 19.4. The zero-order valence-corrected chi connectivity index (χ0v) is 17.2. The van der Waals surface area contributed by atoms with Crippen molar-refractivity contribution >= 4 is 27.0 Å². The number of aryl methyl sites for hydroxylation is 2. The van der Waals surface area contributed by atoms with E-state index in [0.717, 1.165) is 28.2 Å². The summed E-state index contributed by atoms with van der Waals surface area (Å²) in [5.74, 6) is 0.328. The van der Waals surface area contributed by atoms with E-state index in [1.165, 1.54) is 11.3 Å². The van der Waals surface area contributed by atoms with Gasteiger partial charge in [-0.3, -0.25) is 4.72 Å². The van der Waals surface area contributed by atoms with Gasteiger partial charge in [0, 0.05) is 10.9 Å². The summed E-state index contributed by atoms with van der Waals surface area (Å²) in [5.41, 5.74) is 3.01. The number of thiazole rings is 1. The number of rotatable bonds is 7. The van der Waals surface area contributed by atoms with Gasteiger partial charge in [0.05, 0.1) is 23.0 Å². The van der Waals surface area contributed by atoms with Crippen molar-refractivity contribution in [1.29, 1.82) is 0 Å². The summed E-state index contributed by atoms with van der Waals surface area (Å²) in [7, 11) is -3.82. The van der Waals surface area contributed by atoms with E-state index in [4.69, 9.17) is 4.74 Å². The van der Waals surface area contributed by atoms with E-state index in [0.29, 0.717) is 18.0 Å². The van der Waals surface area contributed by atoms with Gasteiger partial charge in [-0.25, -0.2) is 13.4 Å². The molecule has 0 aliphatic carbocycles. The van der Waals surface area contributed by atoms with Gasteiger partial charge in [0.15, 0.2) is 0 Å². The summed E-state index contributed by atoms with van der Waals surface area (Å²) in [6.07, 6.45) is 0.731. The summed E-state index contributed by atoms with van der Waals surface area (Å²) >= 11 is 1.53. The van der Waals surface area contributed by atoms with Gasteiger partial charge < -0.3 is 4.74 Å². The number of hydrogen-bond acceptors (Lipinski definition) is 5. The molecule has 5 nitrogen and oxygen atoms in total. The fourth-order valence-corrected chi connectivity index (χ4v) is 4.67. The van der Waals surface area contributed by atoms with E-state index in [1.807, 2.05) is 50.4 Å². The van der Waals surface area contributed by atoms with Crippen LogP contribution in [0.3, 0.4) is 0 Å². The molecule has 0 spiro atoms. The highest BCUT2D eigenvalue weighted by atomic mass is 32.2. The van der Waals surface area contributed by atoms with E-state index >= 15 is 0 Å². The lowest BCUT2D eigenvalue weighted by molar-refractivity contribution is 0.331. The van der Waals surface area contributed by atoms with E-state index in [2.05, 4.69) is 9.71 Å². The van der Waals surface area contributed by atoms with Crippen LogP contribution in [-0.2, 0) is 16.4 Å². The average Bonchev–Trinajstić information content (AvgIpc) is 3.09. The summed E-state index contributed by atoms with van der Waals surface area (Å²) in [4.78, 5) is 4.56. The van der Waals surface area contributed by atoms with Crippen LogP contribution in [0.15, 0.2) is 52.7 Å². The standard InChI is InChI=1S/C20H22N2O3S2/c1-4-15-8-6-7-9-17(15)22-27(23,24)20-12-16(10-11-19(20)25-5-2)18-13-26-14(3)21-18/h6-13,22H,4-5H2,1-3H3. The lowest BCUT2D eigenvalue weighted by atomic mass is 10.1. The summed E-state index contributed by atoms with van der Waals surface area (Å²) in [5, 5.41) is 2.85. The Balaban J connectivity index is 2.06. The molecule has 2 aromatic carbocycles. The molecular weight excluding hydrogens is 380 g/mol. The van der Waals surface area contributed by atoms with Gasteiger partial charge in [-0.2, -0.15) is 0 Å². The molecule has 0 fully saturated rings. The molecule has 0 aliphatic heterocycles. The number of anilines is 1. The van der Waals surface area contributed by atoms with Crippen molar-refractivity contribution in [1.82, 2.24) is 4.98 Å². The van der Waals surface area contributed by atoms with Crippen LogP contribution in [0.4, 0.5) is 5.69 Å². The highest BCUT2D eigenvalue weighted by Gasteiger charge is 2.22. The smallest absolute Gasteiger partial charge is 0.265 e. The maximum atomic E-state index is 13.1. The van der Waals surface area contributed by atoms with Gasteiger partial charge in [0.2, 0.25) is 0 Å². The van der Waals surface area contributed by atoms with Crippen LogP contribution < -0.4 is 9.46 Å². The number of nitrogens with one attached hydrogen (secondary N) is 1. The Morgan fingerprint density at radius 1 is 1.15 bits per heavy atom. The minimum Gasteiger partial charge on any atom is -0.492 e.